The number of piperidine rings is 1. The highest BCUT2D eigenvalue weighted by atomic mass is 16.2. The molecule has 0 aromatic carbocycles. The molecule has 6 nitrogen and oxygen atoms in total. The van der Waals surface area contributed by atoms with Crippen LogP contribution < -0.4 is 10.6 Å². The molecule has 1 aromatic rings. The molecule has 1 aromatic heterocycles. The number of nitrogens with zero attached hydrogens (tertiary/aromatic N) is 3. The standard InChI is InChI=1S/C15H25N5O/c1-15(7-3-2-4-8-15)17-14(21)13-11-20(19-18-13)12-5-9-16-10-6-12/h11-12,16H,2-10H2,1H3,(H,17,21). The number of hydrogen-bond donors (Lipinski definition) is 2. The Morgan fingerprint density at radius 1 is 1.33 bits per heavy atom. The molecule has 6 heteroatoms. The Kier molecular flexibility index (Phi) is 4.24. The van der Waals surface area contributed by atoms with E-state index in [2.05, 4.69) is 27.9 Å². The number of hydrogen-bond acceptors (Lipinski definition) is 4. The molecule has 0 unspecified atom stereocenters. The Balaban J connectivity index is 1.63. The summed E-state index contributed by atoms with van der Waals surface area (Å²) in [6.07, 6.45) is 9.67. The van der Waals surface area contributed by atoms with Crippen molar-refractivity contribution < 1.29 is 4.79 Å². The van der Waals surface area contributed by atoms with Crippen LogP contribution in [-0.2, 0) is 0 Å². The lowest BCUT2D eigenvalue weighted by Gasteiger charge is -2.34. The third kappa shape index (κ3) is 3.43. The fraction of sp³-hybridized carbons (Fsp3) is 0.800. The first-order valence-corrected chi connectivity index (χ1v) is 8.11. The lowest BCUT2D eigenvalue weighted by molar-refractivity contribution is 0.0877. The van der Waals surface area contributed by atoms with Gasteiger partial charge < -0.3 is 10.6 Å². The minimum absolute atomic E-state index is 0.0755. The van der Waals surface area contributed by atoms with E-state index in [-0.39, 0.29) is 11.4 Å². The summed E-state index contributed by atoms with van der Waals surface area (Å²) < 4.78 is 1.86. The topological polar surface area (TPSA) is 71.8 Å². The molecular weight excluding hydrogens is 266 g/mol. The van der Waals surface area contributed by atoms with Gasteiger partial charge >= 0.3 is 0 Å². The minimum Gasteiger partial charge on any atom is -0.345 e. The molecule has 2 aliphatic rings. The zero-order chi connectivity index (χ0) is 14.7. The molecule has 2 N–H and O–H groups in total. The van der Waals surface area contributed by atoms with Crippen LogP contribution in [0.5, 0.6) is 0 Å². The van der Waals surface area contributed by atoms with Gasteiger partial charge in [-0.15, -0.1) is 5.10 Å². The maximum atomic E-state index is 12.4. The van der Waals surface area contributed by atoms with Gasteiger partial charge in [0.15, 0.2) is 5.69 Å². The van der Waals surface area contributed by atoms with Crippen LogP contribution in [0.3, 0.4) is 0 Å². The molecule has 0 atom stereocenters. The first kappa shape index (κ1) is 14.5. The van der Waals surface area contributed by atoms with Crippen LogP contribution in [0.2, 0.25) is 0 Å². The van der Waals surface area contributed by atoms with Crippen molar-refractivity contribution in [3.05, 3.63) is 11.9 Å². The fourth-order valence-electron chi connectivity index (χ4n) is 3.43. The number of nitrogens with one attached hydrogen (secondary N) is 2. The van der Waals surface area contributed by atoms with Crippen LogP contribution in [-0.4, -0.2) is 39.5 Å². The smallest absolute Gasteiger partial charge is 0.273 e. The van der Waals surface area contributed by atoms with Crippen molar-refractivity contribution in [3.63, 3.8) is 0 Å². The largest absolute Gasteiger partial charge is 0.345 e. The number of amides is 1. The zero-order valence-corrected chi connectivity index (χ0v) is 12.8. The van der Waals surface area contributed by atoms with E-state index in [1.165, 1.54) is 19.3 Å². The van der Waals surface area contributed by atoms with E-state index in [0.717, 1.165) is 38.8 Å². The molecular formula is C15H25N5O. The van der Waals surface area contributed by atoms with E-state index >= 15 is 0 Å². The molecule has 21 heavy (non-hydrogen) atoms. The van der Waals surface area contributed by atoms with Gasteiger partial charge in [0, 0.05) is 5.54 Å². The Morgan fingerprint density at radius 2 is 2.05 bits per heavy atom. The highest BCUT2D eigenvalue weighted by Gasteiger charge is 2.29. The molecule has 1 aliphatic heterocycles. The van der Waals surface area contributed by atoms with E-state index in [4.69, 9.17) is 0 Å². The van der Waals surface area contributed by atoms with Gasteiger partial charge in [-0.2, -0.15) is 0 Å². The van der Waals surface area contributed by atoms with Gasteiger partial charge in [0.2, 0.25) is 0 Å². The highest BCUT2D eigenvalue weighted by Crippen LogP contribution is 2.27. The summed E-state index contributed by atoms with van der Waals surface area (Å²) in [6, 6.07) is 0.366. The zero-order valence-electron chi connectivity index (χ0n) is 12.8. The molecule has 1 aliphatic carbocycles. The van der Waals surface area contributed by atoms with Gasteiger partial charge in [0.25, 0.3) is 5.91 Å². The first-order chi connectivity index (χ1) is 10.2. The van der Waals surface area contributed by atoms with Crippen molar-refractivity contribution >= 4 is 5.91 Å². The number of carbonyl (C=O) groups excluding carboxylic acids is 1. The van der Waals surface area contributed by atoms with Crippen molar-refractivity contribution in [2.45, 2.75) is 63.5 Å². The third-order valence-electron chi connectivity index (χ3n) is 4.80. The van der Waals surface area contributed by atoms with Crippen LogP contribution in [0.25, 0.3) is 0 Å². The summed E-state index contributed by atoms with van der Waals surface area (Å²) in [5.74, 6) is -0.0837. The Hall–Kier alpha value is -1.43. The van der Waals surface area contributed by atoms with Gasteiger partial charge in [-0.3, -0.25) is 4.79 Å². The fourth-order valence-corrected chi connectivity index (χ4v) is 3.43. The van der Waals surface area contributed by atoms with Gasteiger partial charge in [-0.25, -0.2) is 4.68 Å². The highest BCUT2D eigenvalue weighted by molar-refractivity contribution is 5.92. The maximum Gasteiger partial charge on any atom is 0.273 e. The molecule has 0 radical (unpaired) electrons. The SMILES string of the molecule is CC1(NC(=O)c2cn(C3CCNCC3)nn2)CCCCC1. The summed E-state index contributed by atoms with van der Waals surface area (Å²) >= 11 is 0. The van der Waals surface area contributed by atoms with E-state index in [1.54, 1.807) is 6.20 Å². The van der Waals surface area contributed by atoms with E-state index < -0.39 is 0 Å². The van der Waals surface area contributed by atoms with Gasteiger partial charge in [0.05, 0.1) is 12.2 Å². The average molecular weight is 291 g/mol. The molecule has 2 heterocycles. The average Bonchev–Trinajstić information content (AvgIpc) is 2.98. The van der Waals surface area contributed by atoms with Crippen LogP contribution in [0, 0.1) is 0 Å². The van der Waals surface area contributed by atoms with E-state index in [0.29, 0.717) is 11.7 Å². The molecule has 0 spiro atoms. The predicted octanol–water partition coefficient (Wildman–Crippen LogP) is 1.66. The van der Waals surface area contributed by atoms with E-state index in [1.807, 2.05) is 4.68 Å². The molecule has 1 saturated heterocycles. The van der Waals surface area contributed by atoms with Crippen molar-refractivity contribution in [1.29, 1.82) is 0 Å². The van der Waals surface area contributed by atoms with Gasteiger partial charge in [-0.05, 0) is 45.7 Å². The number of rotatable bonds is 3. The summed E-state index contributed by atoms with van der Waals surface area (Å²) in [6.45, 7) is 4.15. The van der Waals surface area contributed by atoms with Crippen molar-refractivity contribution in [2.75, 3.05) is 13.1 Å². The van der Waals surface area contributed by atoms with Crippen LogP contribution >= 0.6 is 0 Å². The van der Waals surface area contributed by atoms with Gasteiger partial charge in [-0.1, -0.05) is 24.5 Å². The monoisotopic (exact) mass is 291 g/mol. The number of aromatic nitrogens is 3. The summed E-state index contributed by atoms with van der Waals surface area (Å²) in [5.41, 5.74) is 0.369. The normalized spacial score (nSPS) is 22.9. The van der Waals surface area contributed by atoms with E-state index in [9.17, 15) is 4.79 Å². The van der Waals surface area contributed by atoms with Crippen LogP contribution in [0.1, 0.15) is 68.4 Å². The summed E-state index contributed by atoms with van der Waals surface area (Å²) in [4.78, 5) is 12.4. The Labute approximate surface area is 125 Å². The van der Waals surface area contributed by atoms with Crippen LogP contribution in [0.4, 0.5) is 0 Å². The predicted molar refractivity (Wildman–Crippen MR) is 80.1 cm³/mol. The van der Waals surface area contributed by atoms with Crippen molar-refractivity contribution in [2.24, 2.45) is 0 Å². The molecule has 116 valence electrons. The van der Waals surface area contributed by atoms with Crippen molar-refractivity contribution in [3.8, 4) is 0 Å². The lowest BCUT2D eigenvalue weighted by Crippen LogP contribution is -2.47. The number of carbonyl (C=O) groups is 1. The van der Waals surface area contributed by atoms with Crippen LogP contribution in [0.15, 0.2) is 6.20 Å². The summed E-state index contributed by atoms with van der Waals surface area (Å²) in [7, 11) is 0. The maximum absolute atomic E-state index is 12.4. The molecule has 1 amide bonds. The second-order valence-electron chi connectivity index (χ2n) is 6.64. The Bertz CT molecular complexity index is 486. The second-order valence-corrected chi connectivity index (χ2v) is 6.64. The quantitative estimate of drug-likeness (QED) is 0.888. The molecule has 1 saturated carbocycles. The Morgan fingerprint density at radius 3 is 2.76 bits per heavy atom. The second kappa shape index (κ2) is 6.13. The van der Waals surface area contributed by atoms with Crippen molar-refractivity contribution in [1.82, 2.24) is 25.6 Å². The molecule has 2 fully saturated rings. The molecule has 3 rings (SSSR count). The minimum atomic E-state index is -0.0837. The summed E-state index contributed by atoms with van der Waals surface area (Å²) in [5, 5.41) is 14.7. The lowest BCUT2D eigenvalue weighted by atomic mass is 9.83. The van der Waals surface area contributed by atoms with Gasteiger partial charge in [0.1, 0.15) is 0 Å². The molecule has 0 bridgehead atoms. The third-order valence-corrected chi connectivity index (χ3v) is 4.80. The first-order valence-electron chi connectivity index (χ1n) is 8.11.